The van der Waals surface area contributed by atoms with Gasteiger partial charge in [-0.25, -0.2) is 0 Å². The average Bonchev–Trinajstić information content (AvgIpc) is 2.45. The fourth-order valence-corrected chi connectivity index (χ4v) is 3.92. The van der Waals surface area contributed by atoms with Crippen LogP contribution in [0, 0.1) is 0 Å². The van der Waals surface area contributed by atoms with E-state index in [0.717, 1.165) is 13.1 Å². The Balaban J connectivity index is -0.000000108. The predicted octanol–water partition coefficient (Wildman–Crippen LogP) is 2.34. The van der Waals surface area contributed by atoms with E-state index in [9.17, 15) is 0 Å². The first-order chi connectivity index (χ1) is 11.1. The van der Waals surface area contributed by atoms with Gasteiger partial charge in [0.1, 0.15) is 0 Å². The van der Waals surface area contributed by atoms with Gasteiger partial charge in [-0.1, -0.05) is 134 Å². The van der Waals surface area contributed by atoms with E-state index in [1.807, 2.05) is 0 Å². The van der Waals surface area contributed by atoms with E-state index in [4.69, 9.17) is 9.96 Å². The quantitative estimate of drug-likeness (QED) is 0.242. The van der Waals surface area contributed by atoms with Gasteiger partial charge in [0.2, 0.25) is 0 Å². The molecule has 7 heteroatoms. The number of hydrogen-bond donors (Lipinski definition) is 0. The Hall–Kier alpha value is 1.82. The van der Waals surface area contributed by atoms with Gasteiger partial charge in [0.05, 0.1) is 0 Å². The fourth-order valence-electron chi connectivity index (χ4n) is 2.26. The minimum atomic E-state index is -1.10. The average molecular weight is 535 g/mol. The van der Waals surface area contributed by atoms with Gasteiger partial charge in [0.25, 0.3) is 0 Å². The smallest absolute Gasteiger partial charge is 1.00 e. The molecule has 164 valence electrons. The summed E-state index contributed by atoms with van der Waals surface area (Å²) in [4.78, 5) is 9.39. The molecule has 0 rings (SSSR count). The molecule has 0 unspecified atom stereocenters. The Morgan fingerprint density at radius 1 is 0.481 bits per heavy atom. The minimum Gasteiger partial charge on any atom is -1.00 e. The molecular weight excluding hydrogens is 487 g/mol. The van der Waals surface area contributed by atoms with Crippen LogP contribution in [-0.2, 0) is 26.2 Å². The Morgan fingerprint density at radius 3 is 0.963 bits per heavy atom. The molecule has 0 fully saturated rings. The molecule has 0 aromatic carbocycles. The van der Waals surface area contributed by atoms with Crippen LogP contribution in [0.3, 0.4) is 0 Å². The van der Waals surface area contributed by atoms with Gasteiger partial charge < -0.3 is 34.8 Å². The largest absolute Gasteiger partial charge is 4.00 e. The molecule has 0 radical (unpaired) electrons. The van der Waals surface area contributed by atoms with Crippen molar-refractivity contribution in [2.24, 2.45) is 0 Å². The van der Waals surface area contributed by atoms with Crippen LogP contribution in [-0.4, -0.2) is 29.6 Å². The van der Waals surface area contributed by atoms with Crippen molar-refractivity contribution in [3.8, 4) is 0 Å². The monoisotopic (exact) mass is 532 g/mol. The van der Waals surface area contributed by atoms with Crippen molar-refractivity contribution in [2.75, 3.05) is 13.1 Å². The van der Waals surface area contributed by atoms with Crippen molar-refractivity contribution in [1.82, 2.24) is 0 Å². The number of nitrogens with zero attached hydrogens (tertiary/aromatic N) is 2. The third kappa shape index (κ3) is 47.2. The summed E-state index contributed by atoms with van der Waals surface area (Å²) < 4.78 is 0. The van der Waals surface area contributed by atoms with E-state index >= 15 is 0 Å². The van der Waals surface area contributed by atoms with Crippen molar-refractivity contribution in [3.63, 3.8) is 0 Å². The van der Waals surface area contributed by atoms with Crippen molar-refractivity contribution in [1.29, 1.82) is 0 Å². The standard InChI is InChI=1S/2C10H24NSi.2ClH.Zr/c2*1-5-6-7-8-9-10-11-12(2,3)4;;;/h2*5-10H2,1-4H3;2*1H;/q2*-1;;;+4/p-2. The molecular formula is C20H48Cl2N2Si2Zr. The van der Waals surface area contributed by atoms with Crippen LogP contribution in [0.2, 0.25) is 39.3 Å². The van der Waals surface area contributed by atoms with Gasteiger partial charge in [-0.05, 0) is 0 Å². The topological polar surface area (TPSA) is 28.2 Å². The molecule has 0 bridgehead atoms. The molecule has 0 aliphatic carbocycles. The van der Waals surface area contributed by atoms with Gasteiger partial charge >= 0.3 is 26.2 Å². The summed E-state index contributed by atoms with van der Waals surface area (Å²) in [6.07, 6.45) is 13.6. The summed E-state index contributed by atoms with van der Waals surface area (Å²) in [5.41, 5.74) is 0. The molecule has 0 aromatic rings. The predicted molar refractivity (Wildman–Crippen MR) is 121 cm³/mol. The van der Waals surface area contributed by atoms with Crippen LogP contribution in [0.1, 0.15) is 78.1 Å². The first kappa shape index (κ1) is 39.3. The van der Waals surface area contributed by atoms with Crippen molar-refractivity contribution in [3.05, 3.63) is 9.96 Å². The summed E-state index contributed by atoms with van der Waals surface area (Å²) in [6, 6.07) is 0. The minimum absolute atomic E-state index is 0. The summed E-state index contributed by atoms with van der Waals surface area (Å²) in [5.74, 6) is 0. The number of halogens is 2. The van der Waals surface area contributed by atoms with Gasteiger partial charge in [-0.2, -0.15) is 13.1 Å². The van der Waals surface area contributed by atoms with Crippen LogP contribution in [0.25, 0.3) is 9.96 Å². The van der Waals surface area contributed by atoms with E-state index in [0.29, 0.717) is 0 Å². The van der Waals surface area contributed by atoms with E-state index in [1.165, 1.54) is 64.2 Å². The van der Waals surface area contributed by atoms with Crippen molar-refractivity contribution < 1.29 is 51.0 Å². The second-order valence-electron chi connectivity index (χ2n) is 8.93. The fraction of sp³-hybridized carbons (Fsp3) is 1.00. The maximum Gasteiger partial charge on any atom is 4.00 e. The first-order valence-corrected chi connectivity index (χ1v) is 17.4. The van der Waals surface area contributed by atoms with Crippen LogP contribution in [0.4, 0.5) is 0 Å². The van der Waals surface area contributed by atoms with Crippen LogP contribution in [0.5, 0.6) is 0 Å². The Labute approximate surface area is 206 Å². The molecule has 0 aliphatic rings. The molecule has 0 aliphatic heterocycles. The molecule has 0 saturated carbocycles. The molecule has 0 amide bonds. The van der Waals surface area contributed by atoms with Gasteiger partial charge in [0.15, 0.2) is 0 Å². The summed E-state index contributed by atoms with van der Waals surface area (Å²) >= 11 is 0. The zero-order valence-electron chi connectivity index (χ0n) is 19.6. The van der Waals surface area contributed by atoms with Crippen LogP contribution < -0.4 is 24.8 Å². The molecule has 2 nitrogen and oxygen atoms in total. The summed E-state index contributed by atoms with van der Waals surface area (Å²) in [7, 11) is -2.20. The summed E-state index contributed by atoms with van der Waals surface area (Å²) in [5, 5.41) is 0. The summed E-state index contributed by atoms with van der Waals surface area (Å²) in [6.45, 7) is 20.6. The molecule has 0 atom stereocenters. The molecule has 0 spiro atoms. The molecule has 0 N–H and O–H groups in total. The second-order valence-corrected chi connectivity index (χ2v) is 18.2. The van der Waals surface area contributed by atoms with Gasteiger partial charge in [0, 0.05) is 0 Å². The number of hydrogen-bond acceptors (Lipinski definition) is 0. The van der Waals surface area contributed by atoms with Crippen molar-refractivity contribution >= 4 is 16.5 Å². The maximum atomic E-state index is 4.69. The van der Waals surface area contributed by atoms with Crippen molar-refractivity contribution in [2.45, 2.75) is 117 Å². The number of unbranched alkanes of at least 4 members (excludes halogenated alkanes) is 8. The van der Waals surface area contributed by atoms with Crippen LogP contribution >= 0.6 is 0 Å². The molecule has 0 saturated heterocycles. The van der Waals surface area contributed by atoms with Gasteiger partial charge in [-0.3, -0.25) is 0 Å². The SMILES string of the molecule is CCCCCCC[N-][Si](C)(C)C.CCCCCCC[N-][Si](C)(C)C.[Cl-].[Cl-].[Zr+4]. The van der Waals surface area contributed by atoms with E-state index < -0.39 is 16.5 Å². The van der Waals surface area contributed by atoms with E-state index in [1.54, 1.807) is 0 Å². The number of rotatable bonds is 14. The van der Waals surface area contributed by atoms with E-state index in [-0.39, 0.29) is 51.0 Å². The molecule has 0 aromatic heterocycles. The van der Waals surface area contributed by atoms with Gasteiger partial charge in [-0.15, -0.1) is 0 Å². The molecule has 0 heterocycles. The van der Waals surface area contributed by atoms with Crippen LogP contribution in [0.15, 0.2) is 0 Å². The normalized spacial score (nSPS) is 10.7. The third-order valence-electron chi connectivity index (χ3n) is 3.70. The Bertz CT molecular complexity index is 235. The third-order valence-corrected chi connectivity index (χ3v) is 6.04. The zero-order chi connectivity index (χ0) is 18.9. The first-order valence-electron chi connectivity index (χ1n) is 10.5. The van der Waals surface area contributed by atoms with E-state index in [2.05, 4.69) is 53.1 Å². The second kappa shape index (κ2) is 25.9. The Kier molecular flexibility index (Phi) is 37.6. The zero-order valence-corrected chi connectivity index (χ0v) is 25.6. The molecule has 27 heavy (non-hydrogen) atoms. The Morgan fingerprint density at radius 2 is 0.741 bits per heavy atom. The maximum absolute atomic E-state index is 4.69.